The van der Waals surface area contributed by atoms with Gasteiger partial charge >= 0.3 is 0 Å². The maximum absolute atomic E-state index is 12.7. The second-order valence-corrected chi connectivity index (χ2v) is 8.97. The lowest BCUT2D eigenvalue weighted by Gasteiger charge is -2.26. The lowest BCUT2D eigenvalue weighted by atomic mass is 9.82. The zero-order chi connectivity index (χ0) is 21.2. The summed E-state index contributed by atoms with van der Waals surface area (Å²) < 4.78 is 7.02. The minimum atomic E-state index is 0.0142. The molecule has 0 bridgehead atoms. The minimum absolute atomic E-state index is 0.0142. The Bertz CT molecular complexity index is 1190. The van der Waals surface area contributed by atoms with E-state index in [4.69, 9.17) is 4.42 Å². The summed E-state index contributed by atoms with van der Waals surface area (Å²) in [5, 5.41) is 14.5. The summed E-state index contributed by atoms with van der Waals surface area (Å²) in [7, 11) is 0. The van der Waals surface area contributed by atoms with Gasteiger partial charge in [0.05, 0.1) is 17.5 Å². The van der Waals surface area contributed by atoms with Crippen LogP contribution in [0.3, 0.4) is 0 Å². The summed E-state index contributed by atoms with van der Waals surface area (Å²) >= 11 is 1.61. The highest BCUT2D eigenvalue weighted by Gasteiger charge is 2.27. The Hall–Kier alpha value is -3.13. The molecule has 1 fully saturated rings. The number of amides is 1. The van der Waals surface area contributed by atoms with Gasteiger partial charge in [0.15, 0.2) is 0 Å². The summed E-state index contributed by atoms with van der Waals surface area (Å²) in [6.07, 6.45) is 7.35. The number of nitrogens with one attached hydrogen (secondary N) is 1. The molecule has 1 saturated carbocycles. The Balaban J connectivity index is 1.15. The van der Waals surface area contributed by atoms with Crippen molar-refractivity contribution in [3.8, 4) is 11.6 Å². The van der Waals surface area contributed by atoms with E-state index in [2.05, 4.69) is 25.5 Å². The van der Waals surface area contributed by atoms with Crippen molar-refractivity contribution in [1.29, 1.82) is 0 Å². The van der Waals surface area contributed by atoms with Gasteiger partial charge in [0.2, 0.25) is 5.89 Å². The number of thiophene rings is 1. The van der Waals surface area contributed by atoms with E-state index in [0.29, 0.717) is 29.9 Å². The number of hydrogen-bond acceptors (Lipinski definition) is 7. The van der Waals surface area contributed by atoms with E-state index >= 15 is 0 Å². The molecule has 1 aromatic carbocycles. The molecule has 8 heteroatoms. The molecule has 4 aromatic rings. The first-order valence-electron chi connectivity index (χ1n) is 10.5. The first kappa shape index (κ1) is 19.8. The molecule has 3 heterocycles. The summed E-state index contributed by atoms with van der Waals surface area (Å²) in [4.78, 5) is 21.2. The molecule has 1 amide bonds. The van der Waals surface area contributed by atoms with Gasteiger partial charge in [-0.3, -0.25) is 9.78 Å². The summed E-state index contributed by atoms with van der Waals surface area (Å²) in [5.74, 6) is 1.83. The molecule has 0 radical (unpaired) electrons. The standard InChI is InChI=1S/C23H23N5O2S/c1-14-10-25-19(12-24-14)23-28-27-22(30-23)16-8-6-15(7-9-16)11-26-21(29)18-13-31-20-5-3-2-4-17(18)20/h2-5,10,12-13,15-16H,6-9,11H2,1H3,(H,26,29). The van der Waals surface area contributed by atoms with Gasteiger partial charge in [-0.1, -0.05) is 18.2 Å². The molecule has 1 N–H and O–H groups in total. The summed E-state index contributed by atoms with van der Waals surface area (Å²) in [6, 6.07) is 8.03. The van der Waals surface area contributed by atoms with Gasteiger partial charge < -0.3 is 9.73 Å². The normalized spacial score (nSPS) is 18.9. The molecule has 0 saturated heterocycles. The predicted octanol–water partition coefficient (Wildman–Crippen LogP) is 4.75. The molecule has 1 aliphatic carbocycles. The fourth-order valence-electron chi connectivity index (χ4n) is 4.11. The maximum atomic E-state index is 12.7. The maximum Gasteiger partial charge on any atom is 0.267 e. The molecule has 1 aliphatic rings. The van der Waals surface area contributed by atoms with E-state index in [-0.39, 0.29) is 11.8 Å². The number of hydrogen-bond donors (Lipinski definition) is 1. The van der Waals surface area contributed by atoms with Crippen LogP contribution in [-0.4, -0.2) is 32.6 Å². The number of rotatable bonds is 5. The van der Waals surface area contributed by atoms with E-state index in [1.807, 2.05) is 36.6 Å². The molecule has 31 heavy (non-hydrogen) atoms. The fourth-order valence-corrected chi connectivity index (χ4v) is 5.05. The van der Waals surface area contributed by atoms with E-state index in [9.17, 15) is 4.79 Å². The van der Waals surface area contributed by atoms with Crippen molar-refractivity contribution >= 4 is 27.3 Å². The average Bonchev–Trinajstić information content (AvgIpc) is 3.46. The van der Waals surface area contributed by atoms with Crippen molar-refractivity contribution in [2.24, 2.45) is 5.92 Å². The first-order chi connectivity index (χ1) is 15.2. The van der Waals surface area contributed by atoms with Crippen LogP contribution in [0.15, 0.2) is 46.5 Å². The largest absolute Gasteiger partial charge is 0.419 e. The third-order valence-electron chi connectivity index (χ3n) is 5.91. The minimum Gasteiger partial charge on any atom is -0.419 e. The molecule has 0 unspecified atom stereocenters. The average molecular weight is 434 g/mol. The van der Waals surface area contributed by atoms with Crippen LogP contribution in [0.25, 0.3) is 21.7 Å². The molecule has 3 aromatic heterocycles. The molecular formula is C23H23N5O2S. The number of carbonyl (C=O) groups excluding carboxylic acids is 1. The Morgan fingerprint density at radius 1 is 1.13 bits per heavy atom. The predicted molar refractivity (Wildman–Crippen MR) is 119 cm³/mol. The van der Waals surface area contributed by atoms with Crippen LogP contribution in [0.1, 0.15) is 53.5 Å². The summed E-state index contributed by atoms with van der Waals surface area (Å²) in [6.45, 7) is 2.59. The number of aryl methyl sites for hydroxylation is 1. The number of benzene rings is 1. The van der Waals surface area contributed by atoms with Gasteiger partial charge in [-0.25, -0.2) is 4.98 Å². The molecule has 7 nitrogen and oxygen atoms in total. The first-order valence-corrected chi connectivity index (χ1v) is 11.4. The second kappa shape index (κ2) is 8.55. The number of aromatic nitrogens is 4. The monoisotopic (exact) mass is 433 g/mol. The topological polar surface area (TPSA) is 93.8 Å². The molecule has 158 valence electrons. The van der Waals surface area contributed by atoms with Crippen molar-refractivity contribution in [1.82, 2.24) is 25.5 Å². The van der Waals surface area contributed by atoms with Gasteiger partial charge in [-0.15, -0.1) is 21.5 Å². The Morgan fingerprint density at radius 2 is 1.97 bits per heavy atom. The van der Waals surface area contributed by atoms with Crippen LogP contribution in [0.2, 0.25) is 0 Å². The van der Waals surface area contributed by atoms with Gasteiger partial charge in [-0.05, 0) is 44.6 Å². The lowest BCUT2D eigenvalue weighted by Crippen LogP contribution is -2.31. The van der Waals surface area contributed by atoms with Crippen LogP contribution in [-0.2, 0) is 0 Å². The molecular weight excluding hydrogens is 410 g/mol. The highest BCUT2D eigenvalue weighted by atomic mass is 32.1. The van der Waals surface area contributed by atoms with E-state index in [1.165, 1.54) is 0 Å². The van der Waals surface area contributed by atoms with Gasteiger partial charge in [0.1, 0.15) is 5.69 Å². The fraction of sp³-hybridized carbons (Fsp3) is 0.348. The van der Waals surface area contributed by atoms with Crippen LogP contribution in [0, 0.1) is 12.8 Å². The van der Waals surface area contributed by atoms with Crippen LogP contribution in [0.5, 0.6) is 0 Å². The molecule has 5 rings (SSSR count). The number of carbonyl (C=O) groups is 1. The number of nitrogens with zero attached hydrogens (tertiary/aromatic N) is 4. The Morgan fingerprint density at radius 3 is 2.77 bits per heavy atom. The van der Waals surface area contributed by atoms with Crippen LogP contribution in [0.4, 0.5) is 0 Å². The summed E-state index contributed by atoms with van der Waals surface area (Å²) in [5.41, 5.74) is 2.22. The Labute approximate surface area is 183 Å². The third-order valence-corrected chi connectivity index (χ3v) is 6.88. The van der Waals surface area contributed by atoms with Crippen molar-refractivity contribution < 1.29 is 9.21 Å². The number of fused-ring (bicyclic) bond motifs is 1. The van der Waals surface area contributed by atoms with E-state index in [0.717, 1.165) is 47.0 Å². The smallest absolute Gasteiger partial charge is 0.267 e. The second-order valence-electron chi connectivity index (χ2n) is 8.06. The van der Waals surface area contributed by atoms with Crippen molar-refractivity contribution in [3.05, 3.63) is 59.2 Å². The Kier molecular flexibility index (Phi) is 5.46. The van der Waals surface area contributed by atoms with Gasteiger partial charge in [-0.2, -0.15) is 0 Å². The highest BCUT2D eigenvalue weighted by Crippen LogP contribution is 2.35. The molecule has 0 spiro atoms. The quantitative estimate of drug-likeness (QED) is 0.488. The van der Waals surface area contributed by atoms with E-state index < -0.39 is 0 Å². The zero-order valence-corrected chi connectivity index (χ0v) is 18.1. The van der Waals surface area contributed by atoms with Gasteiger partial charge in [0, 0.05) is 34.1 Å². The van der Waals surface area contributed by atoms with Gasteiger partial charge in [0.25, 0.3) is 11.8 Å². The van der Waals surface area contributed by atoms with Crippen LogP contribution >= 0.6 is 11.3 Å². The van der Waals surface area contributed by atoms with E-state index in [1.54, 1.807) is 23.7 Å². The van der Waals surface area contributed by atoms with Crippen molar-refractivity contribution in [2.45, 2.75) is 38.5 Å². The van der Waals surface area contributed by atoms with Crippen molar-refractivity contribution in [3.63, 3.8) is 0 Å². The molecule has 0 atom stereocenters. The third kappa shape index (κ3) is 4.20. The van der Waals surface area contributed by atoms with Crippen molar-refractivity contribution in [2.75, 3.05) is 6.54 Å². The lowest BCUT2D eigenvalue weighted by molar-refractivity contribution is 0.0944. The van der Waals surface area contributed by atoms with Crippen LogP contribution < -0.4 is 5.32 Å². The highest BCUT2D eigenvalue weighted by molar-refractivity contribution is 7.17. The SMILES string of the molecule is Cc1cnc(-c2nnc(C3CCC(CNC(=O)c4csc5ccccc45)CC3)o2)cn1. The molecule has 0 aliphatic heterocycles. The zero-order valence-electron chi connectivity index (χ0n) is 17.2.